The summed E-state index contributed by atoms with van der Waals surface area (Å²) in [6, 6.07) is 0.714. The number of nitrogens with one attached hydrogen (secondary N) is 1. The van der Waals surface area contributed by atoms with E-state index in [4.69, 9.17) is 0 Å². The first-order chi connectivity index (χ1) is 7.66. The number of aromatic nitrogens is 1. The zero-order valence-electron chi connectivity index (χ0n) is 10.5. The summed E-state index contributed by atoms with van der Waals surface area (Å²) in [4.78, 5) is 5.88. The van der Waals surface area contributed by atoms with Gasteiger partial charge in [-0.3, -0.25) is 0 Å². The van der Waals surface area contributed by atoms with Gasteiger partial charge in [0, 0.05) is 23.7 Å². The van der Waals surface area contributed by atoms with Gasteiger partial charge in [-0.15, -0.1) is 11.3 Å². The van der Waals surface area contributed by atoms with Crippen LogP contribution in [0.15, 0.2) is 6.20 Å². The fourth-order valence-electron chi connectivity index (χ4n) is 2.34. The van der Waals surface area contributed by atoms with Crippen molar-refractivity contribution in [3.05, 3.63) is 16.1 Å². The van der Waals surface area contributed by atoms with E-state index < -0.39 is 0 Å². The fraction of sp³-hybridized carbons (Fsp3) is 0.769. The second-order valence-electron chi connectivity index (χ2n) is 5.21. The minimum atomic E-state index is 0.608. The maximum Gasteiger partial charge on any atom is 0.107 e. The van der Waals surface area contributed by atoms with Crippen LogP contribution in [0.1, 0.15) is 55.8 Å². The molecule has 2 rings (SSSR count). The highest BCUT2D eigenvalue weighted by Crippen LogP contribution is 2.26. The molecule has 0 amide bonds. The van der Waals surface area contributed by atoms with Crippen molar-refractivity contribution in [3.63, 3.8) is 0 Å². The summed E-state index contributed by atoms with van der Waals surface area (Å²) in [7, 11) is 0. The third-order valence-electron chi connectivity index (χ3n) is 3.52. The number of hydrogen-bond donors (Lipinski definition) is 1. The normalized spacial score (nSPS) is 25.5. The van der Waals surface area contributed by atoms with Crippen LogP contribution in [-0.4, -0.2) is 11.0 Å². The van der Waals surface area contributed by atoms with Gasteiger partial charge in [0.05, 0.1) is 0 Å². The molecule has 1 saturated carbocycles. The molecule has 1 aromatic heterocycles. The Morgan fingerprint density at radius 2 is 2.31 bits per heavy atom. The molecule has 2 unspecified atom stereocenters. The van der Waals surface area contributed by atoms with Gasteiger partial charge in [0.2, 0.25) is 0 Å². The highest BCUT2D eigenvalue weighted by atomic mass is 32.1. The lowest BCUT2D eigenvalue weighted by molar-refractivity contribution is 0.425. The van der Waals surface area contributed by atoms with E-state index in [1.165, 1.54) is 29.1 Å². The van der Waals surface area contributed by atoms with Crippen LogP contribution in [0.2, 0.25) is 0 Å². The zero-order valence-corrected chi connectivity index (χ0v) is 11.3. The van der Waals surface area contributed by atoms with E-state index in [-0.39, 0.29) is 0 Å². The van der Waals surface area contributed by atoms with Crippen molar-refractivity contribution in [2.75, 3.05) is 0 Å². The Hall–Kier alpha value is -0.410. The summed E-state index contributed by atoms with van der Waals surface area (Å²) in [6.45, 7) is 7.76. The highest BCUT2D eigenvalue weighted by Gasteiger charge is 2.22. The number of rotatable bonds is 4. The lowest BCUT2D eigenvalue weighted by atomic mass is 10.1. The lowest BCUT2D eigenvalue weighted by Gasteiger charge is -2.15. The average molecular weight is 238 g/mol. The highest BCUT2D eigenvalue weighted by molar-refractivity contribution is 7.11. The first-order valence-electron chi connectivity index (χ1n) is 6.35. The molecule has 90 valence electrons. The minimum Gasteiger partial charge on any atom is -0.307 e. The van der Waals surface area contributed by atoms with Crippen molar-refractivity contribution >= 4 is 11.3 Å². The lowest BCUT2D eigenvalue weighted by Crippen LogP contribution is -2.30. The SMILES string of the molecule is CC(C)c1cnc(CNC2CCCC2C)s1. The molecular weight excluding hydrogens is 216 g/mol. The fourth-order valence-corrected chi connectivity index (χ4v) is 3.21. The van der Waals surface area contributed by atoms with E-state index in [0.29, 0.717) is 12.0 Å². The van der Waals surface area contributed by atoms with Gasteiger partial charge in [-0.2, -0.15) is 0 Å². The van der Waals surface area contributed by atoms with Crippen molar-refractivity contribution in [2.24, 2.45) is 5.92 Å². The van der Waals surface area contributed by atoms with Crippen LogP contribution in [-0.2, 0) is 6.54 Å². The number of thiazole rings is 1. The molecular formula is C13H22N2S. The largest absolute Gasteiger partial charge is 0.307 e. The molecule has 1 aliphatic rings. The predicted molar refractivity (Wildman–Crippen MR) is 69.8 cm³/mol. The quantitative estimate of drug-likeness (QED) is 0.868. The molecule has 1 aliphatic carbocycles. The Bertz CT molecular complexity index is 332. The molecule has 0 radical (unpaired) electrons. The maximum atomic E-state index is 4.48. The summed E-state index contributed by atoms with van der Waals surface area (Å²) in [5, 5.41) is 4.89. The second-order valence-corrected chi connectivity index (χ2v) is 6.35. The van der Waals surface area contributed by atoms with E-state index >= 15 is 0 Å². The molecule has 2 nitrogen and oxygen atoms in total. The topological polar surface area (TPSA) is 24.9 Å². The molecule has 0 bridgehead atoms. The Labute approximate surface area is 102 Å². The molecule has 1 fully saturated rings. The van der Waals surface area contributed by atoms with Gasteiger partial charge < -0.3 is 5.32 Å². The summed E-state index contributed by atoms with van der Waals surface area (Å²) in [6.07, 6.45) is 6.13. The standard InChI is InChI=1S/C13H22N2S/c1-9(2)12-7-15-13(16-12)8-14-11-6-4-5-10(11)3/h7,9-11,14H,4-6,8H2,1-3H3. The molecule has 1 aromatic rings. The van der Waals surface area contributed by atoms with Gasteiger partial charge in [0.15, 0.2) is 0 Å². The summed E-state index contributed by atoms with van der Waals surface area (Å²) < 4.78 is 0. The second kappa shape index (κ2) is 5.28. The maximum absolute atomic E-state index is 4.48. The molecule has 0 saturated heterocycles. The van der Waals surface area contributed by atoms with Crippen molar-refractivity contribution in [1.29, 1.82) is 0 Å². The Morgan fingerprint density at radius 1 is 1.50 bits per heavy atom. The predicted octanol–water partition coefficient (Wildman–Crippen LogP) is 3.54. The summed E-state index contributed by atoms with van der Waals surface area (Å²) >= 11 is 1.85. The molecule has 2 atom stereocenters. The van der Waals surface area contributed by atoms with Crippen molar-refractivity contribution < 1.29 is 0 Å². The van der Waals surface area contributed by atoms with Gasteiger partial charge >= 0.3 is 0 Å². The van der Waals surface area contributed by atoms with E-state index in [1.54, 1.807) is 0 Å². The van der Waals surface area contributed by atoms with Crippen LogP contribution in [0.3, 0.4) is 0 Å². The first kappa shape index (κ1) is 12.1. The van der Waals surface area contributed by atoms with Crippen LogP contribution in [0, 0.1) is 5.92 Å². The van der Waals surface area contributed by atoms with Crippen LogP contribution < -0.4 is 5.32 Å². The van der Waals surface area contributed by atoms with Gasteiger partial charge in [-0.1, -0.05) is 27.2 Å². The van der Waals surface area contributed by atoms with Crippen molar-refractivity contribution in [1.82, 2.24) is 10.3 Å². The molecule has 0 aliphatic heterocycles. The third-order valence-corrected chi connectivity index (χ3v) is 4.82. The molecule has 1 N–H and O–H groups in total. The summed E-state index contributed by atoms with van der Waals surface area (Å²) in [5.74, 6) is 1.45. The van der Waals surface area contributed by atoms with E-state index in [0.717, 1.165) is 12.5 Å². The van der Waals surface area contributed by atoms with Crippen molar-refractivity contribution in [2.45, 2.75) is 58.5 Å². The van der Waals surface area contributed by atoms with Crippen LogP contribution in [0.4, 0.5) is 0 Å². The zero-order chi connectivity index (χ0) is 11.5. The van der Waals surface area contributed by atoms with E-state index in [2.05, 4.69) is 31.1 Å². The van der Waals surface area contributed by atoms with Gasteiger partial charge in [-0.05, 0) is 24.7 Å². The smallest absolute Gasteiger partial charge is 0.107 e. The number of hydrogen-bond acceptors (Lipinski definition) is 3. The van der Waals surface area contributed by atoms with Gasteiger partial charge in [0.25, 0.3) is 0 Å². The van der Waals surface area contributed by atoms with Gasteiger partial charge in [0.1, 0.15) is 5.01 Å². The first-order valence-corrected chi connectivity index (χ1v) is 7.16. The molecule has 0 aromatic carbocycles. The molecule has 16 heavy (non-hydrogen) atoms. The molecule has 3 heteroatoms. The van der Waals surface area contributed by atoms with Crippen LogP contribution in [0.5, 0.6) is 0 Å². The minimum absolute atomic E-state index is 0.608. The van der Waals surface area contributed by atoms with Crippen LogP contribution in [0.25, 0.3) is 0 Å². The Kier molecular flexibility index (Phi) is 3.98. The van der Waals surface area contributed by atoms with Crippen molar-refractivity contribution in [3.8, 4) is 0 Å². The summed E-state index contributed by atoms with van der Waals surface area (Å²) in [5.41, 5.74) is 0. The monoisotopic (exact) mass is 238 g/mol. The van der Waals surface area contributed by atoms with Crippen LogP contribution >= 0.6 is 11.3 Å². The average Bonchev–Trinajstić information content (AvgIpc) is 2.83. The van der Waals surface area contributed by atoms with E-state index in [1.807, 2.05) is 17.5 Å². The Morgan fingerprint density at radius 3 is 2.88 bits per heavy atom. The third kappa shape index (κ3) is 2.83. The Balaban J connectivity index is 1.84. The van der Waals surface area contributed by atoms with Gasteiger partial charge in [-0.25, -0.2) is 4.98 Å². The van der Waals surface area contributed by atoms with E-state index in [9.17, 15) is 0 Å². The molecule has 0 spiro atoms. The molecule has 1 heterocycles. The number of nitrogens with zero attached hydrogens (tertiary/aromatic N) is 1.